The molecule has 1 aromatic heterocycles. The van der Waals surface area contributed by atoms with Crippen molar-refractivity contribution in [2.75, 3.05) is 0 Å². The minimum atomic E-state index is -0.246. The zero-order valence-electron chi connectivity index (χ0n) is 9.06. The summed E-state index contributed by atoms with van der Waals surface area (Å²) in [5, 5.41) is 3.63. The van der Waals surface area contributed by atoms with E-state index in [0.29, 0.717) is 17.5 Å². The topological polar surface area (TPSA) is 38.9 Å². The molecule has 0 fully saturated rings. The molecule has 1 atom stereocenters. The molecule has 0 amide bonds. The molecule has 0 aliphatic rings. The van der Waals surface area contributed by atoms with Crippen molar-refractivity contribution in [1.82, 2.24) is 10.1 Å². The first-order chi connectivity index (χ1) is 8.16. The van der Waals surface area contributed by atoms with Crippen molar-refractivity contribution in [3.8, 4) is 0 Å². The molecule has 2 aromatic rings. The summed E-state index contributed by atoms with van der Waals surface area (Å²) in [7, 11) is 0. The van der Waals surface area contributed by atoms with Gasteiger partial charge in [0.05, 0.1) is 5.75 Å². The van der Waals surface area contributed by atoms with E-state index in [1.165, 1.54) is 0 Å². The molecule has 0 saturated heterocycles. The van der Waals surface area contributed by atoms with Gasteiger partial charge in [-0.15, -0.1) is 23.4 Å². The van der Waals surface area contributed by atoms with Crippen molar-refractivity contribution in [1.29, 1.82) is 0 Å². The number of hydrogen-bond donors (Lipinski definition) is 0. The van der Waals surface area contributed by atoms with Crippen LogP contribution < -0.4 is 0 Å². The van der Waals surface area contributed by atoms with Gasteiger partial charge in [-0.1, -0.05) is 17.3 Å². The number of hydrogen-bond acceptors (Lipinski definition) is 4. The smallest absolute Gasteiger partial charge is 0.244 e. The summed E-state index contributed by atoms with van der Waals surface area (Å²) < 4.78 is 6.10. The number of thioether (sulfide) groups is 1. The number of benzene rings is 1. The van der Waals surface area contributed by atoms with Crippen LogP contribution in [0.3, 0.4) is 0 Å². The molecule has 0 aliphatic carbocycles. The van der Waals surface area contributed by atoms with E-state index in [4.69, 9.17) is 16.1 Å². The molecule has 2 rings (SSSR count). The van der Waals surface area contributed by atoms with Gasteiger partial charge in [0.25, 0.3) is 0 Å². The zero-order chi connectivity index (χ0) is 12.3. The Morgan fingerprint density at radius 1 is 1.47 bits per heavy atom. The maximum atomic E-state index is 5.85. The highest BCUT2D eigenvalue weighted by atomic mass is 79.9. The molecule has 0 N–H and O–H groups in total. The van der Waals surface area contributed by atoms with Gasteiger partial charge in [-0.05, 0) is 35.0 Å². The fraction of sp³-hybridized carbons (Fsp3) is 0.273. The van der Waals surface area contributed by atoms with Crippen LogP contribution in [0.4, 0.5) is 0 Å². The quantitative estimate of drug-likeness (QED) is 0.613. The Morgan fingerprint density at radius 2 is 2.24 bits per heavy atom. The third-order valence-corrected chi connectivity index (χ3v) is 4.23. The molecule has 0 saturated carbocycles. The van der Waals surface area contributed by atoms with Gasteiger partial charge in [0.1, 0.15) is 5.38 Å². The third-order valence-electron chi connectivity index (χ3n) is 2.02. The molecule has 0 aliphatic heterocycles. The summed E-state index contributed by atoms with van der Waals surface area (Å²) in [4.78, 5) is 5.36. The van der Waals surface area contributed by atoms with Gasteiger partial charge in [0.15, 0.2) is 5.82 Å². The second-order valence-corrected chi connectivity index (χ2v) is 5.91. The van der Waals surface area contributed by atoms with Crippen molar-refractivity contribution in [2.24, 2.45) is 0 Å². The highest BCUT2D eigenvalue weighted by Crippen LogP contribution is 2.29. The predicted molar refractivity (Wildman–Crippen MR) is 72.3 cm³/mol. The molecular formula is C11H10BrClN2OS. The van der Waals surface area contributed by atoms with Crippen LogP contribution in [-0.4, -0.2) is 10.1 Å². The average Bonchev–Trinajstić information content (AvgIpc) is 2.77. The Morgan fingerprint density at radius 3 is 2.88 bits per heavy atom. The Labute approximate surface area is 117 Å². The summed E-state index contributed by atoms with van der Waals surface area (Å²) in [6, 6.07) is 8.02. The number of aromatic nitrogens is 2. The first-order valence-corrected chi connectivity index (χ1v) is 7.22. The number of rotatable bonds is 4. The van der Waals surface area contributed by atoms with Crippen molar-refractivity contribution >= 4 is 39.3 Å². The highest BCUT2D eigenvalue weighted by Gasteiger charge is 2.11. The summed E-state index contributed by atoms with van der Waals surface area (Å²) in [5.41, 5.74) is 0. The lowest BCUT2D eigenvalue weighted by molar-refractivity contribution is 0.375. The molecule has 0 bridgehead atoms. The molecule has 1 aromatic carbocycles. The fourth-order valence-electron chi connectivity index (χ4n) is 1.19. The predicted octanol–water partition coefficient (Wildman–Crippen LogP) is 4.42. The highest BCUT2D eigenvalue weighted by molar-refractivity contribution is 9.10. The average molecular weight is 334 g/mol. The summed E-state index contributed by atoms with van der Waals surface area (Å²) in [6.45, 7) is 1.81. The Balaban J connectivity index is 2.00. The normalized spacial score (nSPS) is 12.6. The minimum absolute atomic E-state index is 0.246. The monoisotopic (exact) mass is 332 g/mol. The lowest BCUT2D eigenvalue weighted by Gasteiger charge is -2.00. The van der Waals surface area contributed by atoms with Crippen LogP contribution >= 0.6 is 39.3 Å². The Bertz CT molecular complexity index is 504. The molecule has 90 valence electrons. The van der Waals surface area contributed by atoms with Crippen molar-refractivity contribution in [2.45, 2.75) is 22.9 Å². The summed E-state index contributed by atoms with van der Waals surface area (Å²) in [6.07, 6.45) is 0. The maximum Gasteiger partial charge on any atom is 0.244 e. The van der Waals surface area contributed by atoms with Crippen molar-refractivity contribution < 1.29 is 4.52 Å². The van der Waals surface area contributed by atoms with E-state index >= 15 is 0 Å². The second kappa shape index (κ2) is 5.89. The first kappa shape index (κ1) is 12.9. The molecule has 6 heteroatoms. The van der Waals surface area contributed by atoms with Gasteiger partial charge in [0, 0.05) is 9.37 Å². The van der Waals surface area contributed by atoms with E-state index in [-0.39, 0.29) is 5.38 Å². The van der Waals surface area contributed by atoms with Crippen LogP contribution in [-0.2, 0) is 5.75 Å². The number of halogens is 2. The van der Waals surface area contributed by atoms with Crippen LogP contribution in [0.2, 0.25) is 0 Å². The fourth-order valence-corrected chi connectivity index (χ4v) is 2.69. The van der Waals surface area contributed by atoms with Crippen molar-refractivity contribution in [3.05, 3.63) is 40.5 Å². The van der Waals surface area contributed by atoms with Gasteiger partial charge in [-0.2, -0.15) is 4.98 Å². The van der Waals surface area contributed by atoms with E-state index in [2.05, 4.69) is 26.1 Å². The van der Waals surface area contributed by atoms with Gasteiger partial charge < -0.3 is 4.52 Å². The van der Waals surface area contributed by atoms with Crippen LogP contribution in [0.1, 0.15) is 24.0 Å². The summed E-state index contributed by atoms with van der Waals surface area (Å²) in [5.74, 6) is 1.79. The SMILES string of the molecule is CC(Cl)c1nc(CSc2ccccc2Br)no1. The minimum Gasteiger partial charge on any atom is -0.338 e. The van der Waals surface area contributed by atoms with Crippen LogP contribution in [0.15, 0.2) is 38.2 Å². The van der Waals surface area contributed by atoms with Crippen molar-refractivity contribution in [3.63, 3.8) is 0 Å². The lowest BCUT2D eigenvalue weighted by atomic mass is 10.4. The van der Waals surface area contributed by atoms with E-state index in [1.54, 1.807) is 18.7 Å². The summed E-state index contributed by atoms with van der Waals surface area (Å²) >= 11 is 11.0. The molecule has 1 unspecified atom stereocenters. The molecule has 17 heavy (non-hydrogen) atoms. The number of alkyl halides is 1. The van der Waals surface area contributed by atoms with E-state index in [1.807, 2.05) is 24.3 Å². The molecule has 0 spiro atoms. The largest absolute Gasteiger partial charge is 0.338 e. The first-order valence-electron chi connectivity index (χ1n) is 5.00. The maximum absolute atomic E-state index is 5.85. The Kier molecular flexibility index (Phi) is 4.48. The zero-order valence-corrected chi connectivity index (χ0v) is 12.2. The van der Waals surface area contributed by atoms with Gasteiger partial charge in [-0.3, -0.25) is 0 Å². The number of nitrogens with zero attached hydrogens (tertiary/aromatic N) is 2. The molecular weight excluding hydrogens is 324 g/mol. The Hall–Kier alpha value is -0.520. The second-order valence-electron chi connectivity index (χ2n) is 3.38. The third kappa shape index (κ3) is 3.47. The molecule has 0 radical (unpaired) electrons. The van der Waals surface area contributed by atoms with Crippen LogP contribution in [0.5, 0.6) is 0 Å². The van der Waals surface area contributed by atoms with Gasteiger partial charge >= 0.3 is 0 Å². The van der Waals surface area contributed by atoms with E-state index < -0.39 is 0 Å². The molecule has 1 heterocycles. The molecule has 3 nitrogen and oxygen atoms in total. The van der Waals surface area contributed by atoms with Crippen LogP contribution in [0, 0.1) is 0 Å². The van der Waals surface area contributed by atoms with Crippen LogP contribution in [0.25, 0.3) is 0 Å². The van der Waals surface area contributed by atoms with E-state index in [9.17, 15) is 0 Å². The van der Waals surface area contributed by atoms with E-state index in [0.717, 1.165) is 9.37 Å². The lowest BCUT2D eigenvalue weighted by Crippen LogP contribution is -1.87. The van der Waals surface area contributed by atoms with Gasteiger partial charge in [-0.25, -0.2) is 0 Å². The van der Waals surface area contributed by atoms with Gasteiger partial charge in [0.2, 0.25) is 5.89 Å². The standard InChI is InChI=1S/C11H10BrClN2OS/c1-7(13)11-14-10(15-16-11)6-17-9-5-3-2-4-8(9)12/h2-5,7H,6H2,1H3.